The Morgan fingerprint density at radius 2 is 1.83 bits per heavy atom. The lowest BCUT2D eigenvalue weighted by molar-refractivity contribution is -0.115. The van der Waals surface area contributed by atoms with Crippen molar-refractivity contribution in [1.29, 1.82) is 0 Å². The Morgan fingerprint density at radius 3 is 2.50 bits per heavy atom. The van der Waals surface area contributed by atoms with Gasteiger partial charge in [-0.3, -0.25) is 4.79 Å². The van der Waals surface area contributed by atoms with E-state index in [9.17, 15) is 4.79 Å². The van der Waals surface area contributed by atoms with Crippen LogP contribution in [0.5, 0.6) is 11.5 Å². The summed E-state index contributed by atoms with van der Waals surface area (Å²) in [6, 6.07) is 12.4. The number of nitrogens with one attached hydrogen (secondary N) is 1. The van der Waals surface area contributed by atoms with E-state index in [1.54, 1.807) is 37.4 Å². The van der Waals surface area contributed by atoms with E-state index in [1.165, 1.54) is 6.26 Å². The molecule has 0 radical (unpaired) electrons. The van der Waals surface area contributed by atoms with Crippen molar-refractivity contribution in [2.75, 3.05) is 26.9 Å². The van der Waals surface area contributed by atoms with E-state index < -0.39 is 0 Å². The van der Waals surface area contributed by atoms with Gasteiger partial charge in [0.15, 0.2) is 11.5 Å². The van der Waals surface area contributed by atoms with E-state index in [1.807, 2.05) is 12.1 Å². The number of rotatable bonds is 10. The Kier molecular flexibility index (Phi) is 9.18. The maximum Gasteiger partial charge on any atom is 0.255 e. The van der Waals surface area contributed by atoms with Crippen LogP contribution in [0.15, 0.2) is 48.7 Å². The van der Waals surface area contributed by atoms with Gasteiger partial charge in [-0.05, 0) is 41.8 Å². The van der Waals surface area contributed by atoms with Crippen molar-refractivity contribution in [1.82, 2.24) is 5.32 Å². The van der Waals surface area contributed by atoms with Gasteiger partial charge in [-0.1, -0.05) is 41.6 Å². The first-order valence-electron chi connectivity index (χ1n) is 9.11. The van der Waals surface area contributed by atoms with E-state index in [4.69, 9.17) is 38.7 Å². The lowest BCUT2D eigenvalue weighted by Crippen LogP contribution is -2.26. The number of amides is 1. The maximum atomic E-state index is 12.7. The van der Waals surface area contributed by atoms with Gasteiger partial charge < -0.3 is 19.5 Å². The molecular weight excluding hydrogens is 402 g/mol. The molecule has 6 heteroatoms. The number of terminal acetylenes is 2. The van der Waals surface area contributed by atoms with Crippen LogP contribution < -0.4 is 14.8 Å². The van der Waals surface area contributed by atoms with Crippen LogP contribution in [0.2, 0.25) is 5.02 Å². The minimum atomic E-state index is -0.282. The number of ether oxygens (including phenoxy) is 3. The molecule has 0 saturated carbocycles. The third-order valence-corrected chi connectivity index (χ3v) is 4.26. The molecule has 0 atom stereocenters. The zero-order chi connectivity index (χ0) is 21.8. The summed E-state index contributed by atoms with van der Waals surface area (Å²) in [5, 5.41) is 3.46. The molecule has 0 aliphatic rings. The van der Waals surface area contributed by atoms with Crippen molar-refractivity contribution in [2.24, 2.45) is 0 Å². The molecule has 0 unspecified atom stereocenters. The number of hydrogen-bond acceptors (Lipinski definition) is 4. The second kappa shape index (κ2) is 12.1. The number of carbonyl (C=O) groups excluding carboxylic acids is 1. The molecule has 0 heterocycles. The molecule has 0 saturated heterocycles. The topological polar surface area (TPSA) is 56.8 Å². The molecule has 5 nitrogen and oxygen atoms in total. The number of halogens is 1. The lowest BCUT2D eigenvalue weighted by Gasteiger charge is -2.12. The van der Waals surface area contributed by atoms with Crippen molar-refractivity contribution in [3.8, 4) is 36.2 Å². The molecule has 2 rings (SSSR count). The van der Waals surface area contributed by atoms with Gasteiger partial charge in [0, 0.05) is 11.6 Å². The van der Waals surface area contributed by atoms with Gasteiger partial charge in [0.2, 0.25) is 0 Å². The molecule has 154 valence electrons. The minimum Gasteiger partial charge on any atom is -0.493 e. The van der Waals surface area contributed by atoms with Crippen molar-refractivity contribution >= 4 is 23.1 Å². The fourth-order valence-electron chi connectivity index (χ4n) is 2.58. The predicted octanol–water partition coefficient (Wildman–Crippen LogP) is 3.71. The van der Waals surface area contributed by atoms with Gasteiger partial charge in [0.25, 0.3) is 5.91 Å². The SMILES string of the molecule is C#CCO/C=C(/C(=O)NCCc1ccc(OCC#C)c(OC)c1)c1ccc(Cl)cc1. The van der Waals surface area contributed by atoms with Gasteiger partial charge in [0.05, 0.1) is 18.9 Å². The van der Waals surface area contributed by atoms with Crippen LogP contribution >= 0.6 is 11.6 Å². The molecule has 0 fully saturated rings. The quantitative estimate of drug-likeness (QED) is 0.274. The summed E-state index contributed by atoms with van der Waals surface area (Å²) in [6.07, 6.45) is 12.4. The average molecular weight is 424 g/mol. The fourth-order valence-corrected chi connectivity index (χ4v) is 2.70. The van der Waals surface area contributed by atoms with Crippen molar-refractivity contribution < 1.29 is 19.0 Å². The van der Waals surface area contributed by atoms with Crippen LogP contribution in [-0.2, 0) is 16.0 Å². The molecule has 2 aromatic rings. The molecule has 0 aromatic heterocycles. The smallest absolute Gasteiger partial charge is 0.255 e. The molecular formula is C24H22ClNO4. The Bertz CT molecular complexity index is 968. The third-order valence-electron chi connectivity index (χ3n) is 4.01. The molecule has 1 N–H and O–H groups in total. The second-order valence-electron chi connectivity index (χ2n) is 6.04. The van der Waals surface area contributed by atoms with Crippen LogP contribution in [0, 0.1) is 24.7 Å². The summed E-state index contributed by atoms with van der Waals surface area (Å²) >= 11 is 5.93. The summed E-state index contributed by atoms with van der Waals surface area (Å²) in [7, 11) is 1.56. The van der Waals surface area contributed by atoms with Gasteiger partial charge in [-0.25, -0.2) is 0 Å². The van der Waals surface area contributed by atoms with E-state index in [2.05, 4.69) is 17.2 Å². The molecule has 0 bridgehead atoms. The summed E-state index contributed by atoms with van der Waals surface area (Å²) < 4.78 is 16.0. The Labute approximate surface area is 182 Å². The highest BCUT2D eigenvalue weighted by Gasteiger charge is 2.13. The molecule has 0 aliphatic heterocycles. The number of benzene rings is 2. The maximum absolute atomic E-state index is 12.7. The van der Waals surface area contributed by atoms with Gasteiger partial charge in [0.1, 0.15) is 13.2 Å². The summed E-state index contributed by atoms with van der Waals surface area (Å²) in [5.74, 6) is 5.65. The number of hydrogen-bond donors (Lipinski definition) is 1. The first-order chi connectivity index (χ1) is 14.6. The van der Waals surface area contributed by atoms with Gasteiger partial charge in [-0.2, -0.15) is 0 Å². The predicted molar refractivity (Wildman–Crippen MR) is 118 cm³/mol. The number of carbonyl (C=O) groups is 1. The number of methoxy groups -OCH3 is 1. The van der Waals surface area contributed by atoms with Gasteiger partial charge in [-0.15, -0.1) is 12.8 Å². The van der Waals surface area contributed by atoms with Gasteiger partial charge >= 0.3 is 0 Å². The van der Waals surface area contributed by atoms with Crippen LogP contribution in [0.4, 0.5) is 0 Å². The molecule has 30 heavy (non-hydrogen) atoms. The van der Waals surface area contributed by atoms with Crippen molar-refractivity contribution in [2.45, 2.75) is 6.42 Å². The van der Waals surface area contributed by atoms with Crippen molar-refractivity contribution in [3.05, 3.63) is 64.9 Å². The highest BCUT2D eigenvalue weighted by molar-refractivity contribution is 6.30. The zero-order valence-electron chi connectivity index (χ0n) is 16.6. The lowest BCUT2D eigenvalue weighted by atomic mass is 10.1. The third kappa shape index (κ3) is 6.81. The highest BCUT2D eigenvalue weighted by atomic mass is 35.5. The van der Waals surface area contributed by atoms with Crippen LogP contribution in [0.1, 0.15) is 11.1 Å². The second-order valence-corrected chi connectivity index (χ2v) is 6.47. The summed E-state index contributed by atoms with van der Waals surface area (Å²) in [5.41, 5.74) is 2.00. The average Bonchev–Trinajstić information content (AvgIpc) is 2.76. The van der Waals surface area contributed by atoms with E-state index in [0.717, 1.165) is 5.56 Å². The largest absolute Gasteiger partial charge is 0.493 e. The van der Waals surface area contributed by atoms with E-state index >= 15 is 0 Å². The normalized spacial score (nSPS) is 10.5. The molecule has 2 aromatic carbocycles. The first-order valence-corrected chi connectivity index (χ1v) is 9.49. The fraction of sp³-hybridized carbons (Fsp3) is 0.208. The van der Waals surface area contributed by atoms with Crippen molar-refractivity contribution in [3.63, 3.8) is 0 Å². The Balaban J connectivity index is 2.03. The van der Waals surface area contributed by atoms with E-state index in [-0.39, 0.29) is 19.1 Å². The molecule has 0 aliphatic carbocycles. The van der Waals surface area contributed by atoms with Crippen LogP contribution in [-0.4, -0.2) is 32.8 Å². The molecule has 0 spiro atoms. The molecule has 1 amide bonds. The van der Waals surface area contributed by atoms with Crippen LogP contribution in [0.3, 0.4) is 0 Å². The zero-order valence-corrected chi connectivity index (χ0v) is 17.4. The van der Waals surface area contributed by atoms with E-state index in [0.29, 0.717) is 40.6 Å². The minimum absolute atomic E-state index is 0.0677. The highest BCUT2D eigenvalue weighted by Crippen LogP contribution is 2.28. The Morgan fingerprint density at radius 1 is 1.10 bits per heavy atom. The van der Waals surface area contributed by atoms with Crippen LogP contribution in [0.25, 0.3) is 5.57 Å². The first kappa shape index (κ1) is 22.7. The standard InChI is InChI=1S/C24H22ClNO4/c1-4-14-29-17-21(19-7-9-20(25)10-8-19)24(27)26-13-12-18-6-11-22(30-15-5-2)23(16-18)28-3/h1-2,6-11,16-17H,12-15H2,3H3,(H,26,27)/b21-17+. The summed E-state index contributed by atoms with van der Waals surface area (Å²) in [6.45, 7) is 0.637. The monoisotopic (exact) mass is 423 g/mol. The Hall–Kier alpha value is -3.54. The summed E-state index contributed by atoms with van der Waals surface area (Å²) in [4.78, 5) is 12.7.